The summed E-state index contributed by atoms with van der Waals surface area (Å²) in [4.78, 5) is 12.7. The molecule has 0 saturated carbocycles. The van der Waals surface area contributed by atoms with Crippen LogP contribution in [0.5, 0.6) is 0 Å². The smallest absolute Gasteiger partial charge is 0.225 e. The van der Waals surface area contributed by atoms with Gasteiger partial charge in [0, 0.05) is 26.1 Å². The Balaban J connectivity index is 2.01. The molecule has 1 unspecified atom stereocenters. The van der Waals surface area contributed by atoms with E-state index < -0.39 is 0 Å². The highest BCUT2D eigenvalue weighted by Gasteiger charge is 2.36. The van der Waals surface area contributed by atoms with E-state index in [1.807, 2.05) is 4.90 Å². The van der Waals surface area contributed by atoms with Gasteiger partial charge in [-0.05, 0) is 0 Å². The molecule has 2 fully saturated rings. The highest BCUT2D eigenvalue weighted by atomic mass is 16.2. The molecular formula is C6H10N2O. The topological polar surface area (TPSA) is 32.3 Å². The van der Waals surface area contributed by atoms with Gasteiger partial charge in [0.05, 0.1) is 6.04 Å². The Morgan fingerprint density at radius 1 is 1.67 bits per heavy atom. The van der Waals surface area contributed by atoms with Gasteiger partial charge < -0.3 is 10.2 Å². The minimum Gasteiger partial charge on any atom is -0.337 e. The fourth-order valence-corrected chi connectivity index (χ4v) is 1.48. The molecule has 0 aromatic heterocycles. The van der Waals surface area contributed by atoms with E-state index in [9.17, 15) is 4.79 Å². The molecule has 2 aliphatic rings. The van der Waals surface area contributed by atoms with E-state index in [0.717, 1.165) is 26.1 Å². The van der Waals surface area contributed by atoms with Crippen molar-refractivity contribution in [3.8, 4) is 0 Å². The molecule has 2 saturated heterocycles. The number of fused-ring (bicyclic) bond motifs is 1. The molecule has 2 aliphatic heterocycles. The van der Waals surface area contributed by atoms with Gasteiger partial charge in [0.15, 0.2) is 0 Å². The number of amides is 1. The summed E-state index contributed by atoms with van der Waals surface area (Å²) in [7, 11) is 0. The number of hydrogen-bond donors (Lipinski definition) is 1. The minimum absolute atomic E-state index is 0.335. The summed E-state index contributed by atoms with van der Waals surface area (Å²) < 4.78 is 0. The van der Waals surface area contributed by atoms with Gasteiger partial charge in [0.25, 0.3) is 0 Å². The maximum atomic E-state index is 10.8. The largest absolute Gasteiger partial charge is 0.337 e. The third-order valence-electron chi connectivity index (χ3n) is 2.08. The molecule has 2 rings (SSSR count). The van der Waals surface area contributed by atoms with E-state index in [0.29, 0.717) is 11.9 Å². The Hall–Kier alpha value is -0.570. The zero-order valence-electron chi connectivity index (χ0n) is 5.26. The maximum Gasteiger partial charge on any atom is 0.225 e. The number of nitrogens with zero attached hydrogens (tertiary/aromatic N) is 1. The zero-order valence-corrected chi connectivity index (χ0v) is 5.26. The second kappa shape index (κ2) is 1.70. The van der Waals surface area contributed by atoms with Gasteiger partial charge in [0.1, 0.15) is 0 Å². The van der Waals surface area contributed by atoms with Gasteiger partial charge in [0.2, 0.25) is 5.91 Å². The third kappa shape index (κ3) is 0.645. The first kappa shape index (κ1) is 5.23. The lowest BCUT2D eigenvalue weighted by atomic mass is 10.0. The molecular weight excluding hydrogens is 116 g/mol. The van der Waals surface area contributed by atoms with Gasteiger partial charge in [-0.3, -0.25) is 4.79 Å². The molecule has 2 heterocycles. The molecule has 0 aliphatic carbocycles. The molecule has 0 radical (unpaired) electrons. The van der Waals surface area contributed by atoms with E-state index in [1.165, 1.54) is 0 Å². The average Bonchev–Trinajstić information content (AvgIpc) is 1.86. The monoisotopic (exact) mass is 126 g/mol. The first-order valence-electron chi connectivity index (χ1n) is 3.38. The van der Waals surface area contributed by atoms with Crippen molar-refractivity contribution in [2.75, 3.05) is 19.6 Å². The van der Waals surface area contributed by atoms with Crippen molar-refractivity contribution in [1.29, 1.82) is 0 Å². The van der Waals surface area contributed by atoms with Crippen LogP contribution < -0.4 is 5.32 Å². The van der Waals surface area contributed by atoms with Crippen LogP contribution in [0.15, 0.2) is 0 Å². The van der Waals surface area contributed by atoms with Gasteiger partial charge in [-0.25, -0.2) is 0 Å². The molecule has 1 atom stereocenters. The van der Waals surface area contributed by atoms with Crippen molar-refractivity contribution in [3.63, 3.8) is 0 Å². The molecule has 0 aromatic carbocycles. The Labute approximate surface area is 54.0 Å². The van der Waals surface area contributed by atoms with Crippen LogP contribution in [0.3, 0.4) is 0 Å². The van der Waals surface area contributed by atoms with Crippen LogP contribution in [0.2, 0.25) is 0 Å². The second-order valence-corrected chi connectivity index (χ2v) is 2.65. The molecule has 3 heteroatoms. The van der Waals surface area contributed by atoms with E-state index in [4.69, 9.17) is 0 Å². The van der Waals surface area contributed by atoms with Gasteiger partial charge in [-0.2, -0.15) is 0 Å². The van der Waals surface area contributed by atoms with Crippen molar-refractivity contribution < 1.29 is 4.79 Å². The number of carbonyl (C=O) groups excluding carboxylic acids is 1. The highest BCUT2D eigenvalue weighted by molar-refractivity contribution is 5.83. The van der Waals surface area contributed by atoms with E-state index >= 15 is 0 Å². The van der Waals surface area contributed by atoms with E-state index in [2.05, 4.69) is 5.32 Å². The fourth-order valence-electron chi connectivity index (χ4n) is 1.48. The van der Waals surface area contributed by atoms with Crippen molar-refractivity contribution in [3.05, 3.63) is 0 Å². The molecule has 0 aromatic rings. The average molecular weight is 126 g/mol. The minimum atomic E-state index is 0.335. The number of hydrogen-bond acceptors (Lipinski definition) is 2. The number of carbonyl (C=O) groups is 1. The van der Waals surface area contributed by atoms with Crippen molar-refractivity contribution in [1.82, 2.24) is 10.2 Å². The molecule has 0 bridgehead atoms. The first-order valence-corrected chi connectivity index (χ1v) is 3.38. The highest BCUT2D eigenvalue weighted by Crippen LogP contribution is 2.19. The zero-order chi connectivity index (χ0) is 6.27. The summed E-state index contributed by atoms with van der Waals surface area (Å²) in [6.45, 7) is 2.90. The Morgan fingerprint density at radius 3 is 3.11 bits per heavy atom. The lowest BCUT2D eigenvalue weighted by Crippen LogP contribution is -2.62. The molecule has 1 amide bonds. The van der Waals surface area contributed by atoms with Gasteiger partial charge >= 0.3 is 0 Å². The Kier molecular flexibility index (Phi) is 0.990. The van der Waals surface area contributed by atoms with Crippen molar-refractivity contribution in [2.24, 2.45) is 0 Å². The quantitative estimate of drug-likeness (QED) is 0.430. The summed E-state index contributed by atoms with van der Waals surface area (Å²) in [5.74, 6) is 0.335. The number of rotatable bonds is 0. The van der Waals surface area contributed by atoms with Crippen LogP contribution in [0.25, 0.3) is 0 Å². The summed E-state index contributed by atoms with van der Waals surface area (Å²) >= 11 is 0. The fraction of sp³-hybridized carbons (Fsp3) is 0.833. The lowest BCUT2D eigenvalue weighted by Gasteiger charge is -2.44. The van der Waals surface area contributed by atoms with Crippen molar-refractivity contribution >= 4 is 5.91 Å². The van der Waals surface area contributed by atoms with Crippen molar-refractivity contribution in [2.45, 2.75) is 12.5 Å². The SMILES string of the molecule is O=C1CC2CNCCN12. The van der Waals surface area contributed by atoms with Crippen LogP contribution >= 0.6 is 0 Å². The van der Waals surface area contributed by atoms with Gasteiger partial charge in [-0.1, -0.05) is 0 Å². The summed E-state index contributed by atoms with van der Waals surface area (Å²) in [5.41, 5.74) is 0. The predicted octanol–water partition coefficient (Wildman–Crippen LogP) is -0.809. The van der Waals surface area contributed by atoms with Gasteiger partial charge in [-0.15, -0.1) is 0 Å². The summed E-state index contributed by atoms with van der Waals surface area (Å²) in [5, 5.41) is 3.24. The second-order valence-electron chi connectivity index (χ2n) is 2.65. The maximum absolute atomic E-state index is 10.8. The Morgan fingerprint density at radius 2 is 2.56 bits per heavy atom. The predicted molar refractivity (Wildman–Crippen MR) is 33.0 cm³/mol. The van der Waals surface area contributed by atoms with Crippen LogP contribution in [0.1, 0.15) is 6.42 Å². The van der Waals surface area contributed by atoms with E-state index in [-0.39, 0.29) is 0 Å². The molecule has 9 heavy (non-hydrogen) atoms. The Bertz CT molecular complexity index is 146. The number of nitrogens with one attached hydrogen (secondary N) is 1. The molecule has 3 nitrogen and oxygen atoms in total. The standard InChI is InChI=1S/C6H10N2O/c9-6-3-5-4-7-1-2-8(5)6/h5,7H,1-4H2. The van der Waals surface area contributed by atoms with Crippen LogP contribution in [0.4, 0.5) is 0 Å². The van der Waals surface area contributed by atoms with Crippen LogP contribution in [-0.4, -0.2) is 36.5 Å². The lowest BCUT2D eigenvalue weighted by molar-refractivity contribution is -0.147. The first-order chi connectivity index (χ1) is 4.38. The number of piperazine rings is 1. The molecule has 0 spiro atoms. The normalized spacial score (nSPS) is 33.6. The summed E-state index contributed by atoms with van der Waals surface area (Å²) in [6.07, 6.45) is 0.771. The van der Waals surface area contributed by atoms with Crippen LogP contribution in [-0.2, 0) is 4.79 Å². The molecule has 50 valence electrons. The summed E-state index contributed by atoms with van der Waals surface area (Å²) in [6, 6.07) is 0.534. The van der Waals surface area contributed by atoms with Crippen LogP contribution in [0, 0.1) is 0 Å². The molecule has 1 N–H and O–H groups in total. The third-order valence-corrected chi connectivity index (χ3v) is 2.08. The van der Waals surface area contributed by atoms with E-state index in [1.54, 1.807) is 0 Å². The number of β-lactam (4-membered cyclic amide) rings is 1.